The molecular formula is C17H31IN4O2S. The van der Waals surface area contributed by atoms with Crippen molar-refractivity contribution < 1.29 is 8.42 Å². The van der Waals surface area contributed by atoms with Crippen LogP contribution in [-0.2, 0) is 16.4 Å². The van der Waals surface area contributed by atoms with E-state index in [0.717, 1.165) is 44.0 Å². The molecule has 4 N–H and O–H groups in total. The molecule has 0 unspecified atom stereocenters. The normalized spacial score (nSPS) is 11.7. The summed E-state index contributed by atoms with van der Waals surface area (Å²) in [6.45, 7) is 6.63. The summed E-state index contributed by atoms with van der Waals surface area (Å²) < 4.78 is 22.5. The van der Waals surface area contributed by atoms with E-state index in [1.54, 1.807) is 12.1 Å². The number of aliphatic imine (C=N–C) groups is 1. The predicted molar refractivity (Wildman–Crippen MR) is 115 cm³/mol. The Labute approximate surface area is 169 Å². The second kappa shape index (κ2) is 13.3. The molecular weight excluding hydrogens is 451 g/mol. The Morgan fingerprint density at radius 3 is 2.32 bits per heavy atom. The Morgan fingerprint density at radius 1 is 1.08 bits per heavy atom. The van der Waals surface area contributed by atoms with Gasteiger partial charge in [0.25, 0.3) is 0 Å². The van der Waals surface area contributed by atoms with Crippen LogP contribution in [0.25, 0.3) is 0 Å². The molecule has 0 saturated carbocycles. The minimum Gasteiger partial charge on any atom is -0.357 e. The van der Waals surface area contributed by atoms with E-state index in [9.17, 15) is 8.42 Å². The summed E-state index contributed by atoms with van der Waals surface area (Å²) >= 11 is 0. The maximum absolute atomic E-state index is 11.2. The smallest absolute Gasteiger partial charge is 0.238 e. The number of halogens is 1. The second-order valence-corrected chi connectivity index (χ2v) is 7.25. The van der Waals surface area contributed by atoms with Crippen LogP contribution in [0.5, 0.6) is 0 Å². The SMILES string of the molecule is CCCCCCN=C(NCC)NCCc1ccc(S(N)(=O)=O)cc1.I. The summed E-state index contributed by atoms with van der Waals surface area (Å²) in [5, 5.41) is 11.6. The summed E-state index contributed by atoms with van der Waals surface area (Å²) in [6.07, 6.45) is 5.60. The van der Waals surface area contributed by atoms with Gasteiger partial charge in [-0.2, -0.15) is 0 Å². The Bertz CT molecular complexity index is 604. The van der Waals surface area contributed by atoms with Crippen molar-refractivity contribution in [3.63, 3.8) is 0 Å². The molecule has 6 nitrogen and oxygen atoms in total. The first-order valence-electron chi connectivity index (χ1n) is 8.61. The third kappa shape index (κ3) is 10.7. The molecule has 0 radical (unpaired) electrons. The first kappa shape index (κ1) is 24.1. The van der Waals surface area contributed by atoms with Gasteiger partial charge in [-0.05, 0) is 37.5 Å². The highest BCUT2D eigenvalue weighted by atomic mass is 127. The van der Waals surface area contributed by atoms with Crippen molar-refractivity contribution in [3.05, 3.63) is 29.8 Å². The predicted octanol–water partition coefficient (Wildman–Crippen LogP) is 2.63. The highest BCUT2D eigenvalue weighted by Crippen LogP contribution is 2.08. The van der Waals surface area contributed by atoms with Crippen molar-refractivity contribution in [1.82, 2.24) is 10.6 Å². The van der Waals surface area contributed by atoms with Gasteiger partial charge < -0.3 is 10.6 Å². The van der Waals surface area contributed by atoms with Gasteiger partial charge in [-0.15, -0.1) is 24.0 Å². The molecule has 0 amide bonds. The lowest BCUT2D eigenvalue weighted by atomic mass is 10.1. The van der Waals surface area contributed by atoms with E-state index in [2.05, 4.69) is 22.5 Å². The third-order valence-corrected chi connectivity index (χ3v) is 4.51. The lowest BCUT2D eigenvalue weighted by Crippen LogP contribution is -2.38. The van der Waals surface area contributed by atoms with E-state index in [1.165, 1.54) is 31.4 Å². The average Bonchev–Trinajstić information content (AvgIpc) is 2.54. The summed E-state index contributed by atoms with van der Waals surface area (Å²) in [4.78, 5) is 4.70. The Morgan fingerprint density at radius 2 is 1.76 bits per heavy atom. The van der Waals surface area contributed by atoms with Crippen molar-refractivity contribution in [1.29, 1.82) is 0 Å². The molecule has 1 aromatic carbocycles. The van der Waals surface area contributed by atoms with Crippen LogP contribution < -0.4 is 15.8 Å². The molecule has 0 saturated heterocycles. The molecule has 0 atom stereocenters. The fraction of sp³-hybridized carbons (Fsp3) is 0.588. The van der Waals surface area contributed by atoms with Gasteiger partial charge in [-0.25, -0.2) is 13.6 Å². The highest BCUT2D eigenvalue weighted by Gasteiger charge is 2.06. The Balaban J connectivity index is 0.00000576. The van der Waals surface area contributed by atoms with Crippen LogP contribution in [0.1, 0.15) is 45.1 Å². The Kier molecular flexibility index (Phi) is 12.9. The van der Waals surface area contributed by atoms with Gasteiger partial charge in [-0.3, -0.25) is 4.99 Å². The molecule has 1 aromatic rings. The molecule has 8 heteroatoms. The number of primary sulfonamides is 1. The van der Waals surface area contributed by atoms with Crippen molar-refractivity contribution >= 4 is 40.0 Å². The van der Waals surface area contributed by atoms with Crippen LogP contribution in [0.15, 0.2) is 34.2 Å². The van der Waals surface area contributed by atoms with Gasteiger partial charge in [0.05, 0.1) is 4.90 Å². The molecule has 25 heavy (non-hydrogen) atoms. The number of sulfonamides is 1. The molecule has 0 heterocycles. The molecule has 0 aromatic heterocycles. The maximum atomic E-state index is 11.2. The van der Waals surface area contributed by atoms with Gasteiger partial charge in [0.2, 0.25) is 10.0 Å². The summed E-state index contributed by atoms with van der Waals surface area (Å²) in [7, 11) is -3.62. The van der Waals surface area contributed by atoms with Crippen LogP contribution in [-0.4, -0.2) is 34.0 Å². The van der Waals surface area contributed by atoms with Gasteiger partial charge >= 0.3 is 0 Å². The lowest BCUT2D eigenvalue weighted by molar-refractivity contribution is 0.598. The van der Waals surface area contributed by atoms with Crippen LogP contribution in [0, 0.1) is 0 Å². The first-order valence-corrected chi connectivity index (χ1v) is 10.2. The fourth-order valence-electron chi connectivity index (χ4n) is 2.24. The summed E-state index contributed by atoms with van der Waals surface area (Å²) in [6, 6.07) is 6.65. The van der Waals surface area contributed by atoms with E-state index in [1.807, 2.05) is 6.92 Å². The molecule has 0 bridgehead atoms. The summed E-state index contributed by atoms with van der Waals surface area (Å²) in [5.74, 6) is 0.829. The first-order chi connectivity index (χ1) is 11.5. The number of guanidine groups is 1. The zero-order chi connectivity index (χ0) is 17.8. The number of hydrogen-bond acceptors (Lipinski definition) is 3. The lowest BCUT2D eigenvalue weighted by Gasteiger charge is -2.11. The zero-order valence-corrected chi connectivity index (χ0v) is 18.3. The number of nitrogens with one attached hydrogen (secondary N) is 2. The van der Waals surface area contributed by atoms with E-state index < -0.39 is 10.0 Å². The number of unbranched alkanes of at least 4 members (excludes halogenated alkanes) is 3. The third-order valence-electron chi connectivity index (χ3n) is 3.58. The number of nitrogens with two attached hydrogens (primary N) is 1. The van der Waals surface area contributed by atoms with Gasteiger partial charge in [0.1, 0.15) is 0 Å². The van der Waals surface area contributed by atoms with Crippen molar-refractivity contribution in [3.8, 4) is 0 Å². The van der Waals surface area contributed by atoms with Gasteiger partial charge in [0, 0.05) is 19.6 Å². The van der Waals surface area contributed by atoms with E-state index >= 15 is 0 Å². The topological polar surface area (TPSA) is 96.6 Å². The minimum atomic E-state index is -3.62. The quantitative estimate of drug-likeness (QED) is 0.207. The van der Waals surface area contributed by atoms with E-state index in [0.29, 0.717) is 0 Å². The van der Waals surface area contributed by atoms with Crippen molar-refractivity contribution in [2.24, 2.45) is 10.1 Å². The number of nitrogens with zero attached hydrogens (tertiary/aromatic N) is 1. The highest BCUT2D eigenvalue weighted by molar-refractivity contribution is 14.0. The molecule has 0 spiro atoms. The molecule has 0 fully saturated rings. The van der Waals surface area contributed by atoms with Crippen LogP contribution in [0.4, 0.5) is 0 Å². The van der Waals surface area contributed by atoms with Gasteiger partial charge in [-0.1, -0.05) is 38.3 Å². The molecule has 144 valence electrons. The zero-order valence-electron chi connectivity index (χ0n) is 15.1. The van der Waals surface area contributed by atoms with Crippen LogP contribution in [0.2, 0.25) is 0 Å². The van der Waals surface area contributed by atoms with Gasteiger partial charge in [0.15, 0.2) is 5.96 Å². The molecule has 0 aliphatic carbocycles. The maximum Gasteiger partial charge on any atom is 0.238 e. The molecule has 0 aliphatic rings. The van der Waals surface area contributed by atoms with Crippen LogP contribution >= 0.6 is 24.0 Å². The molecule has 1 rings (SSSR count). The van der Waals surface area contributed by atoms with Crippen molar-refractivity contribution in [2.45, 2.75) is 50.8 Å². The summed E-state index contributed by atoms with van der Waals surface area (Å²) in [5.41, 5.74) is 1.05. The second-order valence-electron chi connectivity index (χ2n) is 5.69. The van der Waals surface area contributed by atoms with Crippen molar-refractivity contribution in [2.75, 3.05) is 19.6 Å². The minimum absolute atomic E-state index is 0. The number of hydrogen-bond donors (Lipinski definition) is 3. The average molecular weight is 482 g/mol. The monoisotopic (exact) mass is 482 g/mol. The van der Waals surface area contributed by atoms with Crippen LogP contribution in [0.3, 0.4) is 0 Å². The van der Waals surface area contributed by atoms with E-state index in [-0.39, 0.29) is 28.9 Å². The molecule has 0 aliphatic heterocycles. The standard InChI is InChI=1S/C17H30N4O2S.HI/c1-3-5-6-7-13-20-17(19-4-2)21-14-12-15-8-10-16(11-9-15)24(18,22)23;/h8-11H,3-7,12-14H2,1-2H3,(H2,18,22,23)(H2,19,20,21);1H. The Hall–Kier alpha value is -0.870. The largest absolute Gasteiger partial charge is 0.357 e. The van der Waals surface area contributed by atoms with E-state index in [4.69, 9.17) is 5.14 Å². The number of benzene rings is 1. The number of rotatable bonds is 10. The fourth-order valence-corrected chi connectivity index (χ4v) is 2.76.